The van der Waals surface area contributed by atoms with Crippen LogP contribution in [0.5, 0.6) is 0 Å². The van der Waals surface area contributed by atoms with Crippen LogP contribution in [0, 0.1) is 5.82 Å². The van der Waals surface area contributed by atoms with Crippen LogP contribution in [0.2, 0.25) is 5.02 Å². The Balaban J connectivity index is 0.000000275. The molecule has 0 aliphatic carbocycles. The van der Waals surface area contributed by atoms with Gasteiger partial charge in [-0.05, 0) is 68.6 Å². The van der Waals surface area contributed by atoms with Gasteiger partial charge in [-0.25, -0.2) is 9.37 Å². The second-order valence-electron chi connectivity index (χ2n) is 8.21. The highest BCUT2D eigenvalue weighted by atomic mass is 35.5. The van der Waals surface area contributed by atoms with Gasteiger partial charge in [-0.15, -0.1) is 0 Å². The third-order valence-electron chi connectivity index (χ3n) is 5.89. The molecule has 0 bridgehead atoms. The molecule has 1 atom stereocenters. The van der Waals surface area contributed by atoms with Crippen LogP contribution in [0.1, 0.15) is 23.8 Å². The molecule has 5 rings (SSSR count). The van der Waals surface area contributed by atoms with E-state index in [1.165, 1.54) is 30.1 Å². The predicted molar refractivity (Wildman–Crippen MR) is 136 cm³/mol. The highest BCUT2D eigenvalue weighted by Crippen LogP contribution is 2.35. The molecule has 1 fully saturated rings. The normalized spacial score (nSPS) is 17.6. The monoisotopic (exact) mass is 481 g/mol. The van der Waals surface area contributed by atoms with E-state index < -0.39 is 0 Å². The minimum Gasteiger partial charge on any atom is -0.314 e. The van der Waals surface area contributed by atoms with Gasteiger partial charge < -0.3 is 9.88 Å². The number of aldehydes is 1. The zero-order chi connectivity index (χ0) is 23.4. The number of halogens is 2. The molecule has 0 amide bonds. The molecule has 4 aromatic rings. The van der Waals surface area contributed by atoms with Crippen LogP contribution in [0.25, 0.3) is 27.8 Å². The predicted octanol–water partition coefficient (Wildman–Crippen LogP) is 6.40. The quantitative estimate of drug-likeness (QED) is 0.343. The molecule has 2 aromatic heterocycles. The molecule has 2 aromatic carbocycles. The minimum atomic E-state index is -0.312. The van der Waals surface area contributed by atoms with E-state index in [2.05, 4.69) is 17.2 Å². The SMILES string of the molecule is CNC1(C)CCSC1.O=Cc1ccc2c(-c3ccccc3Cl)cn(-c3ccc(F)cc3)c2n1. The molecule has 3 heterocycles. The Labute approximate surface area is 202 Å². The lowest BCUT2D eigenvalue weighted by Gasteiger charge is -2.20. The number of aromatic nitrogens is 2. The minimum absolute atomic E-state index is 0.312. The highest BCUT2D eigenvalue weighted by molar-refractivity contribution is 7.99. The molecule has 0 spiro atoms. The van der Waals surface area contributed by atoms with Gasteiger partial charge in [0.2, 0.25) is 0 Å². The van der Waals surface area contributed by atoms with Crippen molar-refractivity contribution in [3.8, 4) is 16.8 Å². The molecule has 7 heteroatoms. The Bertz CT molecular complexity index is 1270. The van der Waals surface area contributed by atoms with Crippen LogP contribution in [0.15, 0.2) is 66.9 Å². The summed E-state index contributed by atoms with van der Waals surface area (Å²) in [5.41, 5.74) is 3.92. The Morgan fingerprint density at radius 1 is 1.12 bits per heavy atom. The average Bonchev–Trinajstić information content (AvgIpc) is 3.44. The summed E-state index contributed by atoms with van der Waals surface area (Å²) >= 11 is 8.40. The summed E-state index contributed by atoms with van der Waals surface area (Å²) in [5, 5.41) is 4.81. The summed E-state index contributed by atoms with van der Waals surface area (Å²) in [4.78, 5) is 15.6. The van der Waals surface area contributed by atoms with E-state index in [1.807, 2.05) is 59.9 Å². The first kappa shape index (κ1) is 23.5. The molecule has 4 nitrogen and oxygen atoms in total. The van der Waals surface area contributed by atoms with E-state index >= 15 is 0 Å². The van der Waals surface area contributed by atoms with Gasteiger partial charge in [0, 0.05) is 44.7 Å². The zero-order valence-corrected chi connectivity index (χ0v) is 20.1. The van der Waals surface area contributed by atoms with Gasteiger partial charge in [0.15, 0.2) is 6.29 Å². The second kappa shape index (κ2) is 10.1. The van der Waals surface area contributed by atoms with Gasteiger partial charge in [0.25, 0.3) is 0 Å². The third-order valence-corrected chi connectivity index (χ3v) is 7.55. The van der Waals surface area contributed by atoms with E-state index in [4.69, 9.17) is 11.6 Å². The molecule has 170 valence electrons. The van der Waals surface area contributed by atoms with Gasteiger partial charge in [-0.3, -0.25) is 4.79 Å². The number of pyridine rings is 1. The van der Waals surface area contributed by atoms with Crippen molar-refractivity contribution in [2.24, 2.45) is 0 Å². The second-order valence-corrected chi connectivity index (χ2v) is 9.72. The molecule has 1 unspecified atom stereocenters. The van der Waals surface area contributed by atoms with Crippen molar-refractivity contribution in [1.29, 1.82) is 0 Å². The van der Waals surface area contributed by atoms with E-state index in [9.17, 15) is 9.18 Å². The summed E-state index contributed by atoms with van der Waals surface area (Å²) in [5.74, 6) is 2.30. The lowest BCUT2D eigenvalue weighted by Crippen LogP contribution is -2.39. The Morgan fingerprint density at radius 3 is 2.48 bits per heavy atom. The fourth-order valence-corrected chi connectivity index (χ4v) is 5.46. The smallest absolute Gasteiger partial charge is 0.168 e. The first-order chi connectivity index (χ1) is 15.9. The fraction of sp³-hybridized carbons (Fsp3) is 0.231. The molecule has 1 N–H and O–H groups in total. The van der Waals surface area contributed by atoms with Crippen LogP contribution >= 0.6 is 23.4 Å². The van der Waals surface area contributed by atoms with Crippen LogP contribution < -0.4 is 5.32 Å². The summed E-state index contributed by atoms with van der Waals surface area (Å²) < 4.78 is 15.1. The molecule has 1 aliphatic rings. The van der Waals surface area contributed by atoms with Crippen molar-refractivity contribution in [3.63, 3.8) is 0 Å². The topological polar surface area (TPSA) is 46.9 Å². The third kappa shape index (κ3) is 5.13. The van der Waals surface area contributed by atoms with Gasteiger partial charge >= 0.3 is 0 Å². The molecule has 1 saturated heterocycles. The van der Waals surface area contributed by atoms with E-state index in [-0.39, 0.29) is 5.82 Å². The van der Waals surface area contributed by atoms with Crippen LogP contribution in [-0.2, 0) is 0 Å². The summed E-state index contributed by atoms with van der Waals surface area (Å²) in [6.45, 7) is 2.28. The number of benzene rings is 2. The number of rotatable bonds is 4. The molecular weight excluding hydrogens is 457 g/mol. The maximum Gasteiger partial charge on any atom is 0.168 e. The van der Waals surface area contributed by atoms with Gasteiger partial charge in [-0.1, -0.05) is 29.8 Å². The number of nitrogens with zero attached hydrogens (tertiary/aromatic N) is 2. The van der Waals surface area contributed by atoms with Crippen molar-refractivity contribution in [2.75, 3.05) is 18.6 Å². The van der Waals surface area contributed by atoms with Crippen molar-refractivity contribution in [1.82, 2.24) is 14.9 Å². The van der Waals surface area contributed by atoms with Crippen molar-refractivity contribution in [3.05, 3.63) is 83.4 Å². The maximum atomic E-state index is 13.3. The summed E-state index contributed by atoms with van der Waals surface area (Å²) in [6, 6.07) is 17.2. The molecule has 0 radical (unpaired) electrons. The molecule has 0 saturated carbocycles. The largest absolute Gasteiger partial charge is 0.314 e. The lowest BCUT2D eigenvalue weighted by atomic mass is 10.0. The molecular formula is C26H25ClFN3OS. The van der Waals surface area contributed by atoms with Gasteiger partial charge in [0.1, 0.15) is 17.2 Å². The first-order valence-electron chi connectivity index (χ1n) is 10.7. The van der Waals surface area contributed by atoms with Crippen molar-refractivity contribution >= 4 is 40.7 Å². The summed E-state index contributed by atoms with van der Waals surface area (Å²) in [6.07, 6.45) is 3.94. The van der Waals surface area contributed by atoms with E-state index in [0.717, 1.165) is 22.2 Å². The Morgan fingerprint density at radius 2 is 1.88 bits per heavy atom. The molecule has 33 heavy (non-hydrogen) atoms. The van der Waals surface area contributed by atoms with Crippen LogP contribution in [0.4, 0.5) is 4.39 Å². The number of hydrogen-bond donors (Lipinski definition) is 1. The maximum absolute atomic E-state index is 13.3. The van der Waals surface area contributed by atoms with E-state index in [1.54, 1.807) is 18.2 Å². The highest BCUT2D eigenvalue weighted by Gasteiger charge is 2.26. The average molecular weight is 482 g/mol. The van der Waals surface area contributed by atoms with Crippen LogP contribution in [0.3, 0.4) is 0 Å². The van der Waals surface area contributed by atoms with Gasteiger partial charge in [-0.2, -0.15) is 11.8 Å². The number of carbonyl (C=O) groups is 1. The fourth-order valence-electron chi connectivity index (χ4n) is 3.74. The van der Waals surface area contributed by atoms with Crippen molar-refractivity contribution in [2.45, 2.75) is 18.9 Å². The van der Waals surface area contributed by atoms with E-state index in [0.29, 0.717) is 28.2 Å². The zero-order valence-electron chi connectivity index (χ0n) is 18.5. The standard InChI is InChI=1S/C20H12ClFN2O.C6H13NS/c21-19-4-2-1-3-16(19)18-11-24(15-8-5-13(22)6-9-15)20-17(18)10-7-14(12-25)23-20;1-6(7-2)3-4-8-5-6/h1-12H;7H,3-5H2,1-2H3. The number of thioether (sulfide) groups is 1. The summed E-state index contributed by atoms with van der Waals surface area (Å²) in [7, 11) is 2.05. The number of nitrogens with one attached hydrogen (secondary N) is 1. The Kier molecular flexibility index (Phi) is 7.17. The molecule has 1 aliphatic heterocycles. The van der Waals surface area contributed by atoms with Crippen molar-refractivity contribution < 1.29 is 9.18 Å². The Hall–Kier alpha value is -2.67. The lowest BCUT2D eigenvalue weighted by molar-refractivity contribution is 0.111. The van der Waals surface area contributed by atoms with Gasteiger partial charge in [0.05, 0.1) is 0 Å². The number of hydrogen-bond acceptors (Lipinski definition) is 4. The number of fused-ring (bicyclic) bond motifs is 1. The number of carbonyl (C=O) groups excluding carboxylic acids is 1. The van der Waals surface area contributed by atoms with Crippen LogP contribution in [-0.4, -0.2) is 39.9 Å². The first-order valence-corrected chi connectivity index (χ1v) is 12.2.